The molecule has 1 aliphatic heterocycles. The summed E-state index contributed by atoms with van der Waals surface area (Å²) >= 11 is 0. The van der Waals surface area contributed by atoms with Crippen molar-refractivity contribution < 1.29 is 4.79 Å². The van der Waals surface area contributed by atoms with E-state index in [0.29, 0.717) is 19.1 Å². The van der Waals surface area contributed by atoms with Gasteiger partial charge in [-0.1, -0.05) is 36.8 Å². The van der Waals surface area contributed by atoms with Crippen LogP contribution >= 0.6 is 0 Å². The van der Waals surface area contributed by atoms with Gasteiger partial charge in [0.1, 0.15) is 0 Å². The van der Waals surface area contributed by atoms with Gasteiger partial charge in [0, 0.05) is 26.2 Å². The molecule has 0 radical (unpaired) electrons. The van der Waals surface area contributed by atoms with Crippen molar-refractivity contribution in [2.24, 2.45) is 0 Å². The van der Waals surface area contributed by atoms with Gasteiger partial charge < -0.3 is 10.2 Å². The second-order valence-electron chi connectivity index (χ2n) is 5.95. The first-order valence-electron chi connectivity index (χ1n) is 7.84. The molecule has 4 nitrogen and oxygen atoms in total. The van der Waals surface area contributed by atoms with Crippen molar-refractivity contribution in [1.82, 2.24) is 15.1 Å². The topological polar surface area (TPSA) is 35.6 Å². The molecule has 1 fully saturated rings. The molecule has 1 saturated heterocycles. The van der Waals surface area contributed by atoms with Gasteiger partial charge >= 0.3 is 0 Å². The average molecular weight is 289 g/mol. The molecule has 0 bridgehead atoms. The number of carbonyl (C=O) groups is 1. The first-order valence-corrected chi connectivity index (χ1v) is 7.84. The highest BCUT2D eigenvalue weighted by molar-refractivity contribution is 5.78. The third-order valence-electron chi connectivity index (χ3n) is 4.26. The maximum absolute atomic E-state index is 12.4. The van der Waals surface area contributed by atoms with Crippen LogP contribution in [0.5, 0.6) is 0 Å². The lowest BCUT2D eigenvalue weighted by Crippen LogP contribution is -2.44. The molecule has 1 N–H and O–H groups in total. The number of rotatable bonds is 6. The summed E-state index contributed by atoms with van der Waals surface area (Å²) in [6, 6.07) is 8.88. The number of likely N-dealkylation sites (N-methyl/N-ethyl adjacent to an activating group) is 2. The number of carbonyl (C=O) groups excluding carboxylic acids is 1. The molecular formula is C17H27N3O. The molecule has 1 unspecified atom stereocenters. The average Bonchev–Trinajstić information content (AvgIpc) is 3.01. The second-order valence-corrected chi connectivity index (χ2v) is 5.95. The van der Waals surface area contributed by atoms with Gasteiger partial charge in [0.2, 0.25) is 5.91 Å². The Labute approximate surface area is 128 Å². The molecule has 0 aliphatic carbocycles. The lowest BCUT2D eigenvalue weighted by Gasteiger charge is -2.28. The van der Waals surface area contributed by atoms with E-state index in [-0.39, 0.29) is 5.91 Å². The Bertz CT molecular complexity index is 452. The van der Waals surface area contributed by atoms with E-state index in [1.165, 1.54) is 11.1 Å². The van der Waals surface area contributed by atoms with Crippen LogP contribution in [-0.4, -0.2) is 55.0 Å². The van der Waals surface area contributed by atoms with Gasteiger partial charge in [-0.15, -0.1) is 0 Å². The fourth-order valence-electron chi connectivity index (χ4n) is 2.80. The second kappa shape index (κ2) is 7.57. The predicted octanol–water partition coefficient (Wildman–Crippen LogP) is 1.64. The van der Waals surface area contributed by atoms with E-state index in [1.54, 1.807) is 0 Å². The Hall–Kier alpha value is -1.39. The lowest BCUT2D eigenvalue weighted by molar-refractivity contribution is -0.132. The van der Waals surface area contributed by atoms with Crippen LogP contribution < -0.4 is 5.32 Å². The summed E-state index contributed by atoms with van der Waals surface area (Å²) in [6.45, 7) is 8.40. The lowest BCUT2D eigenvalue weighted by atomic mass is 10.1. The number of benzene rings is 1. The normalized spacial score (nSPS) is 18.2. The van der Waals surface area contributed by atoms with Crippen molar-refractivity contribution in [3.8, 4) is 0 Å². The molecule has 0 spiro atoms. The van der Waals surface area contributed by atoms with Crippen LogP contribution in [0.3, 0.4) is 0 Å². The van der Waals surface area contributed by atoms with Gasteiger partial charge in [0.05, 0.1) is 6.54 Å². The third kappa shape index (κ3) is 4.55. The number of amides is 1. The van der Waals surface area contributed by atoms with Gasteiger partial charge in [-0.25, -0.2) is 0 Å². The molecule has 1 amide bonds. The largest absolute Gasteiger partial charge is 0.340 e. The maximum atomic E-state index is 12.4. The van der Waals surface area contributed by atoms with Crippen molar-refractivity contribution in [3.63, 3.8) is 0 Å². The Morgan fingerprint density at radius 2 is 2.05 bits per heavy atom. The van der Waals surface area contributed by atoms with Crippen LogP contribution in [0.1, 0.15) is 24.5 Å². The first kappa shape index (κ1) is 16.0. The molecule has 1 heterocycles. The number of nitrogens with one attached hydrogen (secondary N) is 1. The van der Waals surface area contributed by atoms with Crippen molar-refractivity contribution in [3.05, 3.63) is 35.4 Å². The highest BCUT2D eigenvalue weighted by atomic mass is 16.2. The number of nitrogens with zero attached hydrogens (tertiary/aromatic N) is 2. The van der Waals surface area contributed by atoms with Crippen molar-refractivity contribution in [2.45, 2.75) is 32.9 Å². The summed E-state index contributed by atoms with van der Waals surface area (Å²) in [7, 11) is 1.89. The van der Waals surface area contributed by atoms with Crippen LogP contribution in [0.25, 0.3) is 0 Å². The fraction of sp³-hybridized carbons (Fsp3) is 0.588. The van der Waals surface area contributed by atoms with E-state index >= 15 is 0 Å². The molecule has 21 heavy (non-hydrogen) atoms. The van der Waals surface area contributed by atoms with E-state index in [2.05, 4.69) is 48.3 Å². The first-order chi connectivity index (χ1) is 10.1. The van der Waals surface area contributed by atoms with Crippen LogP contribution in [0.2, 0.25) is 0 Å². The van der Waals surface area contributed by atoms with Crippen LogP contribution in [0, 0.1) is 6.92 Å². The molecule has 1 atom stereocenters. The minimum absolute atomic E-state index is 0.198. The highest BCUT2D eigenvalue weighted by Gasteiger charge is 2.23. The maximum Gasteiger partial charge on any atom is 0.236 e. The summed E-state index contributed by atoms with van der Waals surface area (Å²) < 4.78 is 0. The van der Waals surface area contributed by atoms with E-state index in [1.807, 2.05) is 11.9 Å². The molecule has 2 rings (SSSR count). The van der Waals surface area contributed by atoms with Gasteiger partial charge in [-0.3, -0.25) is 9.69 Å². The minimum atomic E-state index is 0.198. The van der Waals surface area contributed by atoms with Crippen LogP contribution in [-0.2, 0) is 11.3 Å². The zero-order valence-electron chi connectivity index (χ0n) is 13.4. The number of hydrogen-bond donors (Lipinski definition) is 1. The smallest absolute Gasteiger partial charge is 0.236 e. The van der Waals surface area contributed by atoms with Gasteiger partial charge in [-0.05, 0) is 32.0 Å². The summed E-state index contributed by atoms with van der Waals surface area (Å²) in [5.74, 6) is 0.198. The van der Waals surface area contributed by atoms with E-state index < -0.39 is 0 Å². The Balaban J connectivity index is 1.87. The molecule has 116 valence electrons. The van der Waals surface area contributed by atoms with Crippen molar-refractivity contribution >= 4 is 5.91 Å². The highest BCUT2D eigenvalue weighted by Crippen LogP contribution is 2.10. The van der Waals surface area contributed by atoms with E-state index in [9.17, 15) is 4.79 Å². The van der Waals surface area contributed by atoms with E-state index in [4.69, 9.17) is 0 Å². The van der Waals surface area contributed by atoms with Crippen molar-refractivity contribution in [1.29, 1.82) is 0 Å². The summed E-state index contributed by atoms with van der Waals surface area (Å²) in [6.07, 6.45) is 1.14. The summed E-state index contributed by atoms with van der Waals surface area (Å²) in [4.78, 5) is 16.5. The summed E-state index contributed by atoms with van der Waals surface area (Å²) in [5.41, 5.74) is 2.43. The summed E-state index contributed by atoms with van der Waals surface area (Å²) in [5, 5.41) is 3.37. The monoisotopic (exact) mass is 289 g/mol. The SMILES string of the molecule is CCN(CC(=O)N(C)Cc1ccc(C)cc1)C1CCNC1. The van der Waals surface area contributed by atoms with Crippen molar-refractivity contribution in [2.75, 3.05) is 33.2 Å². The molecule has 1 aromatic carbocycles. The molecular weight excluding hydrogens is 262 g/mol. The third-order valence-corrected chi connectivity index (χ3v) is 4.26. The minimum Gasteiger partial charge on any atom is -0.340 e. The Morgan fingerprint density at radius 1 is 1.33 bits per heavy atom. The fourth-order valence-corrected chi connectivity index (χ4v) is 2.80. The predicted molar refractivity (Wildman–Crippen MR) is 86.2 cm³/mol. The number of hydrogen-bond acceptors (Lipinski definition) is 3. The van der Waals surface area contributed by atoms with E-state index in [0.717, 1.165) is 26.1 Å². The quantitative estimate of drug-likeness (QED) is 0.865. The molecule has 1 aromatic rings. The Morgan fingerprint density at radius 3 is 2.62 bits per heavy atom. The van der Waals surface area contributed by atoms with Gasteiger partial charge in [0.25, 0.3) is 0 Å². The molecule has 0 aromatic heterocycles. The van der Waals surface area contributed by atoms with Gasteiger partial charge in [0.15, 0.2) is 0 Å². The zero-order chi connectivity index (χ0) is 15.2. The Kier molecular flexibility index (Phi) is 5.76. The molecule has 0 saturated carbocycles. The molecule has 4 heteroatoms. The van der Waals surface area contributed by atoms with Gasteiger partial charge in [-0.2, -0.15) is 0 Å². The number of aryl methyl sites for hydroxylation is 1. The zero-order valence-corrected chi connectivity index (χ0v) is 13.4. The molecule has 1 aliphatic rings. The standard InChI is InChI=1S/C17H27N3O/c1-4-20(16-9-10-18-11-16)13-17(21)19(3)12-15-7-5-14(2)6-8-15/h5-8,16,18H,4,9-13H2,1-3H3. The van der Waals surface area contributed by atoms with Crippen LogP contribution in [0.15, 0.2) is 24.3 Å². The van der Waals surface area contributed by atoms with Crippen LogP contribution in [0.4, 0.5) is 0 Å².